The second kappa shape index (κ2) is 6.61. The molecule has 5 heteroatoms. The van der Waals surface area contributed by atoms with Crippen molar-refractivity contribution in [2.24, 2.45) is 0 Å². The van der Waals surface area contributed by atoms with Crippen LogP contribution in [0.25, 0.3) is 0 Å². The predicted octanol–water partition coefficient (Wildman–Crippen LogP) is 2.26. The Kier molecular flexibility index (Phi) is 5.44. The summed E-state index contributed by atoms with van der Waals surface area (Å²) in [4.78, 5) is 11.7. The molecule has 0 atom stereocenters. The van der Waals surface area contributed by atoms with Gasteiger partial charge in [-0.1, -0.05) is 23.7 Å². The van der Waals surface area contributed by atoms with Crippen LogP contribution in [0.1, 0.15) is 25.8 Å². The second-order valence-corrected chi connectivity index (χ2v) is 5.03. The SMILES string of the molecule is CC(C)(NC(=O)NCCCO)c1cccc(Cl)c1. The zero-order valence-electron chi connectivity index (χ0n) is 10.7. The number of halogens is 1. The van der Waals surface area contributed by atoms with Crippen molar-refractivity contribution >= 4 is 17.6 Å². The number of carbonyl (C=O) groups is 1. The minimum Gasteiger partial charge on any atom is -0.396 e. The van der Waals surface area contributed by atoms with Gasteiger partial charge in [0.2, 0.25) is 0 Å². The van der Waals surface area contributed by atoms with E-state index >= 15 is 0 Å². The molecule has 0 aliphatic carbocycles. The summed E-state index contributed by atoms with van der Waals surface area (Å²) in [5, 5.41) is 14.8. The van der Waals surface area contributed by atoms with Crippen molar-refractivity contribution in [3.8, 4) is 0 Å². The summed E-state index contributed by atoms with van der Waals surface area (Å²) in [5.41, 5.74) is 0.432. The Morgan fingerprint density at radius 1 is 1.44 bits per heavy atom. The van der Waals surface area contributed by atoms with Gasteiger partial charge in [-0.2, -0.15) is 0 Å². The minimum absolute atomic E-state index is 0.0674. The van der Waals surface area contributed by atoms with Crippen LogP contribution in [0, 0.1) is 0 Å². The van der Waals surface area contributed by atoms with Crippen molar-refractivity contribution in [3.05, 3.63) is 34.9 Å². The molecule has 1 aromatic carbocycles. The van der Waals surface area contributed by atoms with Gasteiger partial charge in [0.05, 0.1) is 5.54 Å². The quantitative estimate of drug-likeness (QED) is 0.719. The fourth-order valence-corrected chi connectivity index (χ4v) is 1.75. The molecule has 3 N–H and O–H groups in total. The molecular weight excluding hydrogens is 252 g/mol. The van der Waals surface area contributed by atoms with Crippen LogP contribution in [0.3, 0.4) is 0 Å². The first-order valence-corrected chi connectivity index (χ1v) is 6.26. The molecule has 0 unspecified atom stereocenters. The van der Waals surface area contributed by atoms with Gasteiger partial charge >= 0.3 is 6.03 Å². The Labute approximate surface area is 112 Å². The van der Waals surface area contributed by atoms with Crippen molar-refractivity contribution in [1.82, 2.24) is 10.6 Å². The molecule has 0 saturated carbocycles. The first-order chi connectivity index (χ1) is 8.45. The first kappa shape index (κ1) is 14.8. The lowest BCUT2D eigenvalue weighted by molar-refractivity contribution is 0.227. The Morgan fingerprint density at radius 2 is 2.17 bits per heavy atom. The normalized spacial score (nSPS) is 11.1. The van der Waals surface area contributed by atoms with Gasteiger partial charge in [-0.25, -0.2) is 4.79 Å². The average molecular weight is 271 g/mol. The summed E-state index contributed by atoms with van der Waals surface area (Å²) in [7, 11) is 0. The van der Waals surface area contributed by atoms with E-state index in [1.165, 1.54) is 0 Å². The highest BCUT2D eigenvalue weighted by Crippen LogP contribution is 2.22. The van der Waals surface area contributed by atoms with Crippen molar-refractivity contribution in [3.63, 3.8) is 0 Å². The van der Waals surface area contributed by atoms with Crippen LogP contribution in [-0.2, 0) is 5.54 Å². The fraction of sp³-hybridized carbons (Fsp3) is 0.462. The number of benzene rings is 1. The molecule has 0 bridgehead atoms. The number of aliphatic hydroxyl groups excluding tert-OH is 1. The van der Waals surface area contributed by atoms with Crippen LogP contribution in [-0.4, -0.2) is 24.3 Å². The van der Waals surface area contributed by atoms with E-state index in [-0.39, 0.29) is 12.6 Å². The third-order valence-corrected chi connectivity index (χ3v) is 2.83. The van der Waals surface area contributed by atoms with Gasteiger partial charge in [-0.05, 0) is 38.0 Å². The standard InChI is InChI=1S/C13H19ClN2O2/c1-13(2,10-5-3-6-11(14)9-10)16-12(18)15-7-4-8-17/h3,5-6,9,17H,4,7-8H2,1-2H3,(H2,15,16,18). The van der Waals surface area contributed by atoms with Crippen molar-refractivity contribution in [2.75, 3.05) is 13.2 Å². The zero-order chi connectivity index (χ0) is 13.6. The molecule has 2 amide bonds. The highest BCUT2D eigenvalue weighted by molar-refractivity contribution is 6.30. The monoisotopic (exact) mass is 270 g/mol. The summed E-state index contributed by atoms with van der Waals surface area (Å²) in [6.45, 7) is 4.33. The largest absolute Gasteiger partial charge is 0.396 e. The Bertz CT molecular complexity index is 408. The molecule has 100 valence electrons. The molecular formula is C13H19ClN2O2. The van der Waals surface area contributed by atoms with Crippen molar-refractivity contribution in [2.45, 2.75) is 25.8 Å². The summed E-state index contributed by atoms with van der Waals surface area (Å²) in [6.07, 6.45) is 0.547. The maximum absolute atomic E-state index is 11.7. The number of urea groups is 1. The molecule has 0 radical (unpaired) electrons. The van der Waals surface area contributed by atoms with Gasteiger partial charge in [-0.3, -0.25) is 0 Å². The third-order valence-electron chi connectivity index (χ3n) is 2.59. The van der Waals surface area contributed by atoms with Crippen LogP contribution in [0.4, 0.5) is 4.79 Å². The zero-order valence-corrected chi connectivity index (χ0v) is 11.4. The fourth-order valence-electron chi connectivity index (χ4n) is 1.56. The second-order valence-electron chi connectivity index (χ2n) is 4.59. The highest BCUT2D eigenvalue weighted by Gasteiger charge is 2.22. The van der Waals surface area contributed by atoms with Crippen molar-refractivity contribution < 1.29 is 9.90 Å². The molecule has 4 nitrogen and oxygen atoms in total. The molecule has 18 heavy (non-hydrogen) atoms. The Morgan fingerprint density at radius 3 is 2.78 bits per heavy atom. The molecule has 0 aliphatic rings. The van der Waals surface area contributed by atoms with Crippen LogP contribution in [0.15, 0.2) is 24.3 Å². The Hall–Kier alpha value is -1.26. The number of aliphatic hydroxyl groups is 1. The molecule has 1 rings (SSSR count). The molecule has 0 spiro atoms. The maximum atomic E-state index is 11.7. The van der Waals surface area contributed by atoms with E-state index in [4.69, 9.17) is 16.7 Å². The topological polar surface area (TPSA) is 61.4 Å². The molecule has 1 aromatic rings. The number of hydrogen-bond acceptors (Lipinski definition) is 2. The molecule has 0 heterocycles. The summed E-state index contributed by atoms with van der Waals surface area (Å²) in [6, 6.07) is 7.14. The molecule has 0 saturated heterocycles. The average Bonchev–Trinajstić information content (AvgIpc) is 2.28. The smallest absolute Gasteiger partial charge is 0.315 e. The molecule has 0 aliphatic heterocycles. The van der Waals surface area contributed by atoms with Gasteiger partial charge < -0.3 is 15.7 Å². The highest BCUT2D eigenvalue weighted by atomic mass is 35.5. The number of rotatable bonds is 5. The minimum atomic E-state index is -0.506. The summed E-state index contributed by atoms with van der Waals surface area (Å²) in [5.74, 6) is 0. The van der Waals surface area contributed by atoms with Gasteiger partial charge in [0.15, 0.2) is 0 Å². The van der Waals surface area contributed by atoms with E-state index in [0.29, 0.717) is 18.0 Å². The van der Waals surface area contributed by atoms with Crippen LogP contribution in [0.2, 0.25) is 5.02 Å². The van der Waals surface area contributed by atoms with E-state index in [1.807, 2.05) is 32.0 Å². The van der Waals surface area contributed by atoms with E-state index in [2.05, 4.69) is 10.6 Å². The maximum Gasteiger partial charge on any atom is 0.315 e. The number of nitrogens with one attached hydrogen (secondary N) is 2. The van der Waals surface area contributed by atoms with Gasteiger partial charge in [0, 0.05) is 18.2 Å². The first-order valence-electron chi connectivity index (χ1n) is 5.88. The van der Waals surface area contributed by atoms with Gasteiger partial charge in [-0.15, -0.1) is 0 Å². The molecule has 0 aromatic heterocycles. The molecule has 0 fully saturated rings. The van der Waals surface area contributed by atoms with E-state index in [1.54, 1.807) is 6.07 Å². The van der Waals surface area contributed by atoms with Crippen molar-refractivity contribution in [1.29, 1.82) is 0 Å². The van der Waals surface area contributed by atoms with Crippen LogP contribution in [0.5, 0.6) is 0 Å². The lowest BCUT2D eigenvalue weighted by Crippen LogP contribution is -2.46. The van der Waals surface area contributed by atoms with Gasteiger partial charge in [0.1, 0.15) is 0 Å². The number of amides is 2. The number of carbonyl (C=O) groups excluding carboxylic acids is 1. The number of hydrogen-bond donors (Lipinski definition) is 3. The summed E-state index contributed by atoms with van der Waals surface area (Å²) >= 11 is 5.93. The van der Waals surface area contributed by atoms with Gasteiger partial charge in [0.25, 0.3) is 0 Å². The van der Waals surface area contributed by atoms with E-state index < -0.39 is 5.54 Å². The summed E-state index contributed by atoms with van der Waals surface area (Å²) < 4.78 is 0. The third kappa shape index (κ3) is 4.55. The van der Waals surface area contributed by atoms with E-state index in [9.17, 15) is 4.79 Å². The van der Waals surface area contributed by atoms with E-state index in [0.717, 1.165) is 5.56 Å². The Balaban J connectivity index is 2.61. The predicted molar refractivity (Wildman–Crippen MR) is 72.7 cm³/mol. The lowest BCUT2D eigenvalue weighted by Gasteiger charge is -2.27. The lowest BCUT2D eigenvalue weighted by atomic mass is 9.94. The van der Waals surface area contributed by atoms with Crippen LogP contribution >= 0.6 is 11.6 Å². The van der Waals surface area contributed by atoms with Crippen LogP contribution < -0.4 is 10.6 Å².